The highest BCUT2D eigenvalue weighted by Crippen LogP contribution is 1.92. The maximum atomic E-state index is 6.77. The number of nitrogens with one attached hydrogen (secondary N) is 1. The van der Waals surface area contributed by atoms with Gasteiger partial charge in [0.1, 0.15) is 11.2 Å². The largest absolute Gasteiger partial charge is 0.386 e. The summed E-state index contributed by atoms with van der Waals surface area (Å²) in [5.41, 5.74) is 4.99. The first-order valence-corrected chi connectivity index (χ1v) is 2.59. The summed E-state index contributed by atoms with van der Waals surface area (Å²) in [6.07, 6.45) is 0. The summed E-state index contributed by atoms with van der Waals surface area (Å²) in [5.74, 6) is -0.0477. The van der Waals surface area contributed by atoms with Gasteiger partial charge >= 0.3 is 0 Å². The summed E-state index contributed by atoms with van der Waals surface area (Å²) in [4.78, 5) is 0. The molecule has 0 fully saturated rings. The van der Waals surface area contributed by atoms with Crippen LogP contribution in [0, 0.1) is 5.41 Å². The van der Waals surface area contributed by atoms with Crippen molar-refractivity contribution >= 4 is 29.8 Å². The standard InChI is InChI=1S/C4H9ClN2O.ClH/c1-8-2-3(5)4(6)7;/h3H,2H2,1H3,(H3,6,7);1H. The maximum absolute atomic E-state index is 6.77. The molecular formula is C4H10Cl2N2O. The SMILES string of the molecule is COCC(Cl)C(=N)N.Cl. The van der Waals surface area contributed by atoms with Crippen molar-refractivity contribution in [3.05, 3.63) is 0 Å². The number of amidine groups is 1. The molecule has 0 spiro atoms. The molecular weight excluding hydrogens is 163 g/mol. The van der Waals surface area contributed by atoms with Gasteiger partial charge in [0.05, 0.1) is 6.61 Å². The zero-order valence-corrected chi connectivity index (χ0v) is 6.63. The minimum absolute atomic E-state index is 0. The molecule has 3 nitrogen and oxygen atoms in total. The number of hydrogen-bond acceptors (Lipinski definition) is 2. The monoisotopic (exact) mass is 172 g/mol. The van der Waals surface area contributed by atoms with E-state index in [1.165, 1.54) is 7.11 Å². The first-order chi connectivity index (χ1) is 3.68. The molecule has 0 radical (unpaired) electrons. The molecule has 0 heterocycles. The van der Waals surface area contributed by atoms with Gasteiger partial charge in [-0.05, 0) is 0 Å². The fourth-order valence-corrected chi connectivity index (χ4v) is 0.362. The predicted molar refractivity (Wildman–Crippen MR) is 40.7 cm³/mol. The smallest absolute Gasteiger partial charge is 0.113 e. The van der Waals surface area contributed by atoms with Gasteiger partial charge in [-0.15, -0.1) is 24.0 Å². The Morgan fingerprint density at radius 3 is 2.44 bits per heavy atom. The highest BCUT2D eigenvalue weighted by Gasteiger charge is 2.04. The number of halogens is 2. The molecule has 3 N–H and O–H groups in total. The van der Waals surface area contributed by atoms with Crippen molar-refractivity contribution in [2.24, 2.45) is 5.73 Å². The van der Waals surface area contributed by atoms with E-state index in [2.05, 4.69) is 4.74 Å². The van der Waals surface area contributed by atoms with E-state index in [0.29, 0.717) is 6.61 Å². The number of ether oxygens (including phenoxy) is 1. The molecule has 0 aromatic heterocycles. The van der Waals surface area contributed by atoms with Gasteiger partial charge in [-0.2, -0.15) is 0 Å². The molecule has 9 heavy (non-hydrogen) atoms. The van der Waals surface area contributed by atoms with Crippen molar-refractivity contribution in [3.8, 4) is 0 Å². The lowest BCUT2D eigenvalue weighted by Gasteiger charge is -2.03. The van der Waals surface area contributed by atoms with Crippen LogP contribution in [0.3, 0.4) is 0 Å². The van der Waals surface area contributed by atoms with E-state index in [1.54, 1.807) is 0 Å². The van der Waals surface area contributed by atoms with Crippen molar-refractivity contribution in [1.82, 2.24) is 0 Å². The normalized spacial score (nSPS) is 11.8. The number of alkyl halides is 1. The zero-order valence-electron chi connectivity index (χ0n) is 5.06. The Bertz CT molecular complexity index is 88.6. The van der Waals surface area contributed by atoms with Crippen LogP contribution in [-0.2, 0) is 4.74 Å². The van der Waals surface area contributed by atoms with E-state index in [4.69, 9.17) is 22.7 Å². The molecule has 0 amide bonds. The first-order valence-electron chi connectivity index (χ1n) is 2.15. The molecule has 5 heteroatoms. The lowest BCUT2D eigenvalue weighted by molar-refractivity contribution is 0.209. The van der Waals surface area contributed by atoms with Crippen molar-refractivity contribution in [1.29, 1.82) is 5.41 Å². The van der Waals surface area contributed by atoms with E-state index in [-0.39, 0.29) is 18.2 Å². The Kier molecular flexibility index (Phi) is 8.02. The summed E-state index contributed by atoms with van der Waals surface area (Å²) in [6.45, 7) is 0.302. The van der Waals surface area contributed by atoms with E-state index in [0.717, 1.165) is 0 Å². The second-order valence-corrected chi connectivity index (χ2v) is 1.91. The maximum Gasteiger partial charge on any atom is 0.113 e. The highest BCUT2D eigenvalue weighted by atomic mass is 35.5. The minimum atomic E-state index is -0.472. The van der Waals surface area contributed by atoms with Gasteiger partial charge in [0, 0.05) is 7.11 Å². The van der Waals surface area contributed by atoms with Crippen molar-refractivity contribution < 1.29 is 4.74 Å². The molecule has 0 aliphatic carbocycles. The van der Waals surface area contributed by atoms with Crippen LogP contribution in [0.5, 0.6) is 0 Å². The molecule has 0 saturated heterocycles. The Morgan fingerprint density at radius 1 is 1.89 bits per heavy atom. The Balaban J connectivity index is 0. The van der Waals surface area contributed by atoms with Gasteiger partial charge in [-0.3, -0.25) is 5.41 Å². The van der Waals surface area contributed by atoms with E-state index in [1.807, 2.05) is 0 Å². The fraction of sp³-hybridized carbons (Fsp3) is 0.750. The minimum Gasteiger partial charge on any atom is -0.386 e. The lowest BCUT2D eigenvalue weighted by atomic mass is 10.4. The van der Waals surface area contributed by atoms with Gasteiger partial charge in [-0.1, -0.05) is 0 Å². The summed E-state index contributed by atoms with van der Waals surface area (Å²) >= 11 is 5.44. The predicted octanol–water partition coefficient (Wildman–Crippen LogP) is 0.598. The van der Waals surface area contributed by atoms with Crippen LogP contribution in [0.15, 0.2) is 0 Å². The van der Waals surface area contributed by atoms with Crippen LogP contribution in [0.25, 0.3) is 0 Å². The summed E-state index contributed by atoms with van der Waals surface area (Å²) in [5, 5.41) is 6.30. The third-order valence-electron chi connectivity index (χ3n) is 0.650. The van der Waals surface area contributed by atoms with Gasteiger partial charge in [0.15, 0.2) is 0 Å². The number of nitrogens with two attached hydrogens (primary N) is 1. The number of rotatable bonds is 3. The van der Waals surface area contributed by atoms with E-state index < -0.39 is 5.38 Å². The summed E-state index contributed by atoms with van der Waals surface area (Å²) < 4.78 is 4.61. The second kappa shape index (κ2) is 6.13. The third-order valence-corrected chi connectivity index (χ3v) is 1.01. The van der Waals surface area contributed by atoms with Crippen molar-refractivity contribution in [2.75, 3.05) is 13.7 Å². The second-order valence-electron chi connectivity index (χ2n) is 1.38. The third kappa shape index (κ3) is 5.89. The van der Waals surface area contributed by atoms with E-state index in [9.17, 15) is 0 Å². The number of hydrogen-bond donors (Lipinski definition) is 2. The average molecular weight is 173 g/mol. The highest BCUT2D eigenvalue weighted by molar-refractivity contribution is 6.31. The molecule has 0 aliphatic rings. The van der Waals surface area contributed by atoms with Crippen LogP contribution >= 0.6 is 24.0 Å². The van der Waals surface area contributed by atoms with Gasteiger partial charge < -0.3 is 10.5 Å². The average Bonchev–Trinajstić information content (AvgIpc) is 1.67. The van der Waals surface area contributed by atoms with Crippen LogP contribution in [0.2, 0.25) is 0 Å². The summed E-state index contributed by atoms with van der Waals surface area (Å²) in [7, 11) is 1.51. The zero-order chi connectivity index (χ0) is 6.57. The molecule has 1 unspecified atom stereocenters. The van der Waals surface area contributed by atoms with Crippen LogP contribution < -0.4 is 5.73 Å². The Hall–Kier alpha value is 0.01000. The fourth-order valence-electron chi connectivity index (χ4n) is 0.236. The molecule has 0 aromatic rings. The first kappa shape index (κ1) is 11.8. The Morgan fingerprint density at radius 2 is 2.33 bits per heavy atom. The van der Waals surface area contributed by atoms with Gasteiger partial charge in [0.25, 0.3) is 0 Å². The van der Waals surface area contributed by atoms with Crippen molar-refractivity contribution in [2.45, 2.75) is 5.38 Å². The van der Waals surface area contributed by atoms with Crippen LogP contribution in [-0.4, -0.2) is 24.9 Å². The lowest BCUT2D eigenvalue weighted by Crippen LogP contribution is -2.26. The molecule has 0 rings (SSSR count). The molecule has 56 valence electrons. The summed E-state index contributed by atoms with van der Waals surface area (Å²) in [6, 6.07) is 0. The molecule has 1 atom stereocenters. The molecule has 0 saturated carbocycles. The Labute approximate surface area is 65.4 Å². The van der Waals surface area contributed by atoms with E-state index >= 15 is 0 Å². The van der Waals surface area contributed by atoms with Gasteiger partial charge in [0.2, 0.25) is 0 Å². The number of methoxy groups -OCH3 is 1. The van der Waals surface area contributed by atoms with Crippen LogP contribution in [0.4, 0.5) is 0 Å². The quantitative estimate of drug-likeness (QED) is 0.373. The van der Waals surface area contributed by atoms with Gasteiger partial charge in [-0.25, -0.2) is 0 Å². The molecule has 0 bridgehead atoms. The topological polar surface area (TPSA) is 59.1 Å². The van der Waals surface area contributed by atoms with Crippen molar-refractivity contribution in [3.63, 3.8) is 0 Å². The molecule has 0 aromatic carbocycles. The molecule has 0 aliphatic heterocycles. The van der Waals surface area contributed by atoms with Crippen LogP contribution in [0.1, 0.15) is 0 Å².